The molecule has 0 aromatic carbocycles. The Balaban J connectivity index is 1.96. The van der Waals surface area contributed by atoms with Crippen LogP contribution in [0.15, 0.2) is 0 Å². The second-order valence-corrected chi connectivity index (χ2v) is 4.80. The zero-order valence-corrected chi connectivity index (χ0v) is 9.00. The quantitative estimate of drug-likeness (QED) is 0.726. The van der Waals surface area contributed by atoms with Crippen molar-refractivity contribution in [1.29, 1.82) is 0 Å². The summed E-state index contributed by atoms with van der Waals surface area (Å²) in [6.45, 7) is 5.59. The molecule has 2 N–H and O–H groups in total. The fourth-order valence-electron chi connectivity index (χ4n) is 2.61. The monoisotopic (exact) mass is 199 g/mol. The predicted octanol–water partition coefficient (Wildman–Crippen LogP) is 1.17. The van der Waals surface area contributed by atoms with Gasteiger partial charge in [0.15, 0.2) is 0 Å². The summed E-state index contributed by atoms with van der Waals surface area (Å²) in [5.74, 6) is 1.35. The van der Waals surface area contributed by atoms with E-state index >= 15 is 0 Å². The Bertz CT molecular complexity index is 190. The maximum absolute atomic E-state index is 5.89. The van der Waals surface area contributed by atoms with E-state index in [0.717, 1.165) is 45.1 Å². The SMILES string of the molecule is CC(CN)C1CCOC2(CCOC2)C1. The molecule has 14 heavy (non-hydrogen) atoms. The van der Waals surface area contributed by atoms with Crippen molar-refractivity contribution in [1.82, 2.24) is 0 Å². The van der Waals surface area contributed by atoms with Crippen LogP contribution in [0.25, 0.3) is 0 Å². The zero-order valence-electron chi connectivity index (χ0n) is 9.00. The smallest absolute Gasteiger partial charge is 0.0939 e. The van der Waals surface area contributed by atoms with Crippen LogP contribution >= 0.6 is 0 Å². The van der Waals surface area contributed by atoms with Crippen LogP contribution in [0.4, 0.5) is 0 Å². The standard InChI is InChI=1S/C11H21NO2/c1-9(7-12)10-2-4-14-11(6-10)3-5-13-8-11/h9-10H,2-8,12H2,1H3. The van der Waals surface area contributed by atoms with Crippen LogP contribution in [0.5, 0.6) is 0 Å². The Morgan fingerprint density at radius 1 is 1.50 bits per heavy atom. The average Bonchev–Trinajstić information content (AvgIpc) is 2.65. The van der Waals surface area contributed by atoms with Crippen molar-refractivity contribution in [2.75, 3.05) is 26.4 Å². The van der Waals surface area contributed by atoms with Gasteiger partial charge in [0.05, 0.1) is 12.2 Å². The summed E-state index contributed by atoms with van der Waals surface area (Å²) >= 11 is 0. The normalized spacial score (nSPS) is 40.3. The van der Waals surface area contributed by atoms with E-state index in [0.29, 0.717) is 5.92 Å². The highest BCUT2D eigenvalue weighted by Gasteiger charge is 2.41. The van der Waals surface area contributed by atoms with Gasteiger partial charge in [0.1, 0.15) is 0 Å². The molecule has 82 valence electrons. The summed E-state index contributed by atoms with van der Waals surface area (Å²) in [6.07, 6.45) is 3.38. The van der Waals surface area contributed by atoms with Crippen LogP contribution < -0.4 is 5.73 Å². The third-order valence-electron chi connectivity index (χ3n) is 3.77. The molecule has 2 rings (SSSR count). The Morgan fingerprint density at radius 2 is 2.36 bits per heavy atom. The minimum atomic E-state index is 0.0480. The van der Waals surface area contributed by atoms with Crippen molar-refractivity contribution < 1.29 is 9.47 Å². The van der Waals surface area contributed by atoms with E-state index in [1.54, 1.807) is 0 Å². The Morgan fingerprint density at radius 3 is 3.00 bits per heavy atom. The highest BCUT2D eigenvalue weighted by molar-refractivity contribution is 4.91. The fraction of sp³-hybridized carbons (Fsp3) is 1.00. The van der Waals surface area contributed by atoms with Gasteiger partial charge >= 0.3 is 0 Å². The predicted molar refractivity (Wildman–Crippen MR) is 55.1 cm³/mol. The van der Waals surface area contributed by atoms with Gasteiger partial charge in [-0.2, -0.15) is 0 Å². The second-order valence-electron chi connectivity index (χ2n) is 4.80. The lowest BCUT2D eigenvalue weighted by atomic mass is 9.79. The van der Waals surface area contributed by atoms with Crippen molar-refractivity contribution in [2.45, 2.75) is 31.8 Å². The molecule has 3 heteroatoms. The summed E-state index contributed by atoms with van der Waals surface area (Å²) in [5.41, 5.74) is 5.77. The molecule has 2 heterocycles. The molecule has 2 aliphatic rings. The van der Waals surface area contributed by atoms with Gasteiger partial charge in [-0.3, -0.25) is 0 Å². The fourth-order valence-corrected chi connectivity index (χ4v) is 2.61. The molecule has 0 saturated carbocycles. The van der Waals surface area contributed by atoms with Crippen molar-refractivity contribution in [3.05, 3.63) is 0 Å². The molecule has 2 fully saturated rings. The molecule has 1 spiro atoms. The summed E-state index contributed by atoms with van der Waals surface area (Å²) in [4.78, 5) is 0. The summed E-state index contributed by atoms with van der Waals surface area (Å²) in [6, 6.07) is 0. The van der Waals surface area contributed by atoms with E-state index in [4.69, 9.17) is 15.2 Å². The number of nitrogens with two attached hydrogens (primary N) is 1. The van der Waals surface area contributed by atoms with Gasteiger partial charge in [-0.25, -0.2) is 0 Å². The number of hydrogen-bond acceptors (Lipinski definition) is 3. The first kappa shape index (κ1) is 10.4. The van der Waals surface area contributed by atoms with Gasteiger partial charge in [0, 0.05) is 19.6 Å². The first-order valence-corrected chi connectivity index (χ1v) is 5.67. The van der Waals surface area contributed by atoms with E-state index in [-0.39, 0.29) is 5.60 Å². The van der Waals surface area contributed by atoms with E-state index in [1.807, 2.05) is 0 Å². The summed E-state index contributed by atoms with van der Waals surface area (Å²) in [5, 5.41) is 0. The van der Waals surface area contributed by atoms with Crippen molar-refractivity contribution in [2.24, 2.45) is 17.6 Å². The van der Waals surface area contributed by atoms with Crippen LogP contribution in [0.1, 0.15) is 26.2 Å². The molecule has 3 unspecified atom stereocenters. The van der Waals surface area contributed by atoms with E-state index in [2.05, 4.69) is 6.92 Å². The molecule has 2 aliphatic heterocycles. The van der Waals surface area contributed by atoms with Gasteiger partial charge in [0.25, 0.3) is 0 Å². The minimum Gasteiger partial charge on any atom is -0.378 e. The first-order chi connectivity index (χ1) is 6.76. The molecule has 0 radical (unpaired) electrons. The third-order valence-corrected chi connectivity index (χ3v) is 3.77. The molecule has 0 aromatic heterocycles. The number of hydrogen-bond donors (Lipinski definition) is 1. The largest absolute Gasteiger partial charge is 0.378 e. The van der Waals surface area contributed by atoms with Gasteiger partial charge < -0.3 is 15.2 Å². The van der Waals surface area contributed by atoms with Crippen LogP contribution in [0, 0.1) is 11.8 Å². The maximum atomic E-state index is 5.89. The molecule has 2 saturated heterocycles. The molecule has 0 aliphatic carbocycles. The molecule has 0 aromatic rings. The lowest BCUT2D eigenvalue weighted by Gasteiger charge is -2.39. The van der Waals surface area contributed by atoms with Gasteiger partial charge in [-0.1, -0.05) is 6.92 Å². The first-order valence-electron chi connectivity index (χ1n) is 5.67. The molecule has 3 nitrogen and oxygen atoms in total. The second kappa shape index (κ2) is 4.17. The van der Waals surface area contributed by atoms with Crippen LogP contribution in [0.2, 0.25) is 0 Å². The Hall–Kier alpha value is -0.120. The van der Waals surface area contributed by atoms with Crippen molar-refractivity contribution in [3.63, 3.8) is 0 Å². The molecular formula is C11H21NO2. The third kappa shape index (κ3) is 1.95. The lowest BCUT2D eigenvalue weighted by Crippen LogP contribution is -2.42. The maximum Gasteiger partial charge on any atom is 0.0939 e. The Kier molecular flexibility index (Phi) is 3.10. The molecule has 3 atom stereocenters. The highest BCUT2D eigenvalue weighted by atomic mass is 16.6. The van der Waals surface area contributed by atoms with Gasteiger partial charge in [0.2, 0.25) is 0 Å². The van der Waals surface area contributed by atoms with Crippen LogP contribution in [-0.4, -0.2) is 32.0 Å². The van der Waals surface area contributed by atoms with E-state index in [1.165, 1.54) is 6.42 Å². The topological polar surface area (TPSA) is 44.5 Å². The van der Waals surface area contributed by atoms with Crippen molar-refractivity contribution >= 4 is 0 Å². The summed E-state index contributed by atoms with van der Waals surface area (Å²) < 4.78 is 11.3. The van der Waals surface area contributed by atoms with Gasteiger partial charge in [-0.05, 0) is 31.2 Å². The number of ether oxygens (including phenoxy) is 2. The molecule has 0 amide bonds. The van der Waals surface area contributed by atoms with Gasteiger partial charge in [-0.15, -0.1) is 0 Å². The molecule has 0 bridgehead atoms. The van der Waals surface area contributed by atoms with E-state index in [9.17, 15) is 0 Å². The summed E-state index contributed by atoms with van der Waals surface area (Å²) in [7, 11) is 0. The number of rotatable bonds is 2. The van der Waals surface area contributed by atoms with Crippen LogP contribution in [0.3, 0.4) is 0 Å². The zero-order chi connectivity index (χ0) is 10.0. The minimum absolute atomic E-state index is 0.0480. The lowest BCUT2D eigenvalue weighted by molar-refractivity contribution is -0.105. The Labute approximate surface area is 85.9 Å². The van der Waals surface area contributed by atoms with E-state index < -0.39 is 0 Å². The molecular weight excluding hydrogens is 178 g/mol. The van der Waals surface area contributed by atoms with Crippen LogP contribution in [-0.2, 0) is 9.47 Å². The van der Waals surface area contributed by atoms with Crippen molar-refractivity contribution in [3.8, 4) is 0 Å². The average molecular weight is 199 g/mol. The highest BCUT2D eigenvalue weighted by Crippen LogP contribution is 2.38.